The van der Waals surface area contributed by atoms with Crippen LogP contribution in [0, 0.1) is 5.82 Å². The number of rotatable bonds is 6. The molecular formula is C25H26FN3O5. The van der Waals surface area contributed by atoms with Crippen LogP contribution in [0.2, 0.25) is 0 Å². The van der Waals surface area contributed by atoms with Crippen molar-refractivity contribution >= 4 is 17.7 Å². The third kappa shape index (κ3) is 4.53. The van der Waals surface area contributed by atoms with Gasteiger partial charge in [0, 0.05) is 48.1 Å². The van der Waals surface area contributed by atoms with Gasteiger partial charge in [0.05, 0.1) is 25.1 Å². The normalized spacial score (nSPS) is 30.3. The molecule has 0 spiro atoms. The fourth-order valence-electron chi connectivity index (χ4n) is 4.16. The van der Waals surface area contributed by atoms with Crippen molar-refractivity contribution in [3.63, 3.8) is 0 Å². The molecule has 3 heterocycles. The number of fused-ring (bicyclic) bond motifs is 1. The summed E-state index contributed by atoms with van der Waals surface area (Å²) in [6, 6.07) is 7.43. The summed E-state index contributed by atoms with van der Waals surface area (Å²) in [5, 5.41) is 2.23. The van der Waals surface area contributed by atoms with E-state index in [0.29, 0.717) is 16.0 Å². The average Bonchev–Trinajstić information content (AvgIpc) is 3.22. The lowest BCUT2D eigenvalue weighted by atomic mass is 10.0. The first-order chi connectivity index (χ1) is 19.5. The van der Waals surface area contributed by atoms with Gasteiger partial charge >= 0.3 is 0 Å². The number of imide groups is 1. The topological polar surface area (TPSA) is 88.2 Å². The number of hydrogen-bond donors (Lipinski definition) is 1. The van der Waals surface area contributed by atoms with Gasteiger partial charge in [-0.2, -0.15) is 0 Å². The summed E-state index contributed by atoms with van der Waals surface area (Å²) in [5.41, 5.74) is 0.903. The van der Waals surface area contributed by atoms with Gasteiger partial charge in [-0.05, 0) is 36.2 Å². The zero-order valence-corrected chi connectivity index (χ0v) is 17.9. The number of carbonyl (C=O) groups is 3. The van der Waals surface area contributed by atoms with Crippen LogP contribution in [0.25, 0.3) is 0 Å². The predicted octanol–water partition coefficient (Wildman–Crippen LogP) is 2.00. The zero-order chi connectivity index (χ0) is 30.8. The molecule has 34 heavy (non-hydrogen) atoms. The summed E-state index contributed by atoms with van der Waals surface area (Å²) in [7, 11) is 0. The van der Waals surface area contributed by atoms with Gasteiger partial charge in [0.15, 0.2) is 0 Å². The number of morpholine rings is 1. The lowest BCUT2D eigenvalue weighted by Crippen LogP contribution is -2.52. The summed E-state index contributed by atoms with van der Waals surface area (Å²) in [4.78, 5) is 38.6. The zero-order valence-electron chi connectivity index (χ0n) is 25.9. The molecule has 178 valence electrons. The van der Waals surface area contributed by atoms with E-state index in [4.69, 9.17) is 15.7 Å². The Hall–Kier alpha value is -3.30. The van der Waals surface area contributed by atoms with Crippen LogP contribution >= 0.6 is 0 Å². The number of benzene rings is 2. The SMILES string of the molecule is [2H]C1([2H])OC([2H])([2H])C([2H])([2H])N(Cc2ccc(F)c(COc3cccc4c3CN(C3CCC(=O)NC3=O)C4=O)c2)C1([2H])[2H]. The van der Waals surface area contributed by atoms with Gasteiger partial charge in [-0.1, -0.05) is 12.1 Å². The van der Waals surface area contributed by atoms with E-state index in [1.165, 1.54) is 17.0 Å². The highest BCUT2D eigenvalue weighted by Crippen LogP contribution is 2.34. The molecule has 0 aliphatic carbocycles. The molecule has 3 aliphatic rings. The highest BCUT2D eigenvalue weighted by Gasteiger charge is 2.40. The Balaban J connectivity index is 1.36. The van der Waals surface area contributed by atoms with Crippen molar-refractivity contribution in [3.8, 4) is 5.75 Å². The maximum absolute atomic E-state index is 14.8. The van der Waals surface area contributed by atoms with Gasteiger partial charge in [-0.25, -0.2) is 4.39 Å². The summed E-state index contributed by atoms with van der Waals surface area (Å²) < 4.78 is 89.3. The molecule has 9 heteroatoms. The van der Waals surface area contributed by atoms with Crippen molar-refractivity contribution < 1.29 is 39.2 Å². The second-order valence-corrected chi connectivity index (χ2v) is 8.01. The second kappa shape index (κ2) is 9.52. The molecule has 0 bridgehead atoms. The number of nitrogens with zero attached hydrogens (tertiary/aromatic N) is 2. The van der Waals surface area contributed by atoms with E-state index in [9.17, 15) is 18.8 Å². The third-order valence-electron chi connectivity index (χ3n) is 5.84. The number of ether oxygens (including phenoxy) is 2. The van der Waals surface area contributed by atoms with Crippen LogP contribution in [0.3, 0.4) is 0 Å². The molecule has 0 aromatic heterocycles. The molecule has 2 aromatic carbocycles. The minimum absolute atomic E-state index is 0.0168. The quantitative estimate of drug-likeness (QED) is 0.643. The van der Waals surface area contributed by atoms with Crippen molar-refractivity contribution in [2.24, 2.45) is 0 Å². The molecule has 2 fully saturated rings. The Morgan fingerprint density at radius 3 is 2.79 bits per heavy atom. The van der Waals surface area contributed by atoms with Crippen molar-refractivity contribution in [3.05, 3.63) is 64.5 Å². The van der Waals surface area contributed by atoms with E-state index < -0.39 is 62.2 Å². The number of nitrogens with one attached hydrogen (secondary N) is 1. The smallest absolute Gasteiger partial charge is 0.255 e. The molecule has 1 N–H and O–H groups in total. The minimum Gasteiger partial charge on any atom is -0.488 e. The molecule has 8 nitrogen and oxygen atoms in total. The third-order valence-corrected chi connectivity index (χ3v) is 5.84. The van der Waals surface area contributed by atoms with Crippen LogP contribution in [0.4, 0.5) is 4.39 Å². The van der Waals surface area contributed by atoms with Crippen molar-refractivity contribution in [2.75, 3.05) is 26.1 Å². The van der Waals surface area contributed by atoms with E-state index in [2.05, 4.69) is 10.1 Å². The first-order valence-electron chi connectivity index (χ1n) is 14.6. The summed E-state index contributed by atoms with van der Waals surface area (Å²) in [5.74, 6) is -1.84. The molecule has 0 radical (unpaired) electrons. The number of hydrogen-bond acceptors (Lipinski definition) is 6. The van der Waals surface area contributed by atoms with E-state index in [-0.39, 0.29) is 42.9 Å². The van der Waals surface area contributed by atoms with Crippen LogP contribution in [0.15, 0.2) is 36.4 Å². The Labute approximate surface area is 207 Å². The Morgan fingerprint density at radius 2 is 2.00 bits per heavy atom. The number of carbonyl (C=O) groups excluding carboxylic acids is 3. The van der Waals surface area contributed by atoms with Gasteiger partial charge in [-0.3, -0.25) is 24.6 Å². The maximum atomic E-state index is 14.8. The van der Waals surface area contributed by atoms with Crippen LogP contribution in [-0.2, 0) is 34.0 Å². The standard InChI is InChI=1S/C25H26FN3O5/c26-20-5-4-16(13-28-8-10-33-11-9-28)12-17(20)15-34-22-3-1-2-18-19(22)14-29(25(18)32)21-6-7-23(30)27-24(21)31/h1-5,12,21H,6-11,13-15H2,(H,27,30,31)/i8D2,9D2,10D2,11D2. The van der Waals surface area contributed by atoms with Gasteiger partial charge in [0.25, 0.3) is 5.91 Å². The summed E-state index contributed by atoms with van der Waals surface area (Å²) in [6.45, 7) is -13.6. The van der Waals surface area contributed by atoms with Gasteiger partial charge < -0.3 is 14.4 Å². The fraction of sp³-hybridized carbons (Fsp3) is 0.400. The molecule has 5 rings (SSSR count). The molecule has 3 aliphatic heterocycles. The largest absolute Gasteiger partial charge is 0.488 e. The first-order valence-corrected chi connectivity index (χ1v) is 10.6. The highest BCUT2D eigenvalue weighted by atomic mass is 19.1. The molecule has 1 unspecified atom stereocenters. The molecule has 2 aromatic rings. The maximum Gasteiger partial charge on any atom is 0.255 e. The van der Waals surface area contributed by atoms with Crippen LogP contribution in [0.1, 0.15) is 50.9 Å². The molecular weight excluding hydrogens is 441 g/mol. The Kier molecular flexibility index (Phi) is 4.16. The van der Waals surface area contributed by atoms with Gasteiger partial charge in [0.1, 0.15) is 24.2 Å². The van der Waals surface area contributed by atoms with Crippen LogP contribution < -0.4 is 10.1 Å². The predicted molar refractivity (Wildman–Crippen MR) is 119 cm³/mol. The molecule has 0 saturated carbocycles. The van der Waals surface area contributed by atoms with Crippen LogP contribution in [0.5, 0.6) is 5.75 Å². The van der Waals surface area contributed by atoms with Gasteiger partial charge in [0.2, 0.25) is 11.8 Å². The number of piperidine rings is 1. The van der Waals surface area contributed by atoms with E-state index in [1.54, 1.807) is 18.2 Å². The van der Waals surface area contributed by atoms with Crippen molar-refractivity contribution in [1.82, 2.24) is 15.1 Å². The van der Waals surface area contributed by atoms with Crippen molar-refractivity contribution in [1.29, 1.82) is 0 Å². The summed E-state index contributed by atoms with van der Waals surface area (Å²) >= 11 is 0. The fourth-order valence-corrected chi connectivity index (χ4v) is 4.16. The molecule has 2 saturated heterocycles. The van der Waals surface area contributed by atoms with Crippen molar-refractivity contribution in [2.45, 2.75) is 38.6 Å². The second-order valence-electron chi connectivity index (χ2n) is 8.01. The monoisotopic (exact) mass is 475 g/mol. The highest BCUT2D eigenvalue weighted by molar-refractivity contribution is 6.05. The van der Waals surface area contributed by atoms with E-state index in [0.717, 1.165) is 6.07 Å². The lowest BCUT2D eigenvalue weighted by molar-refractivity contribution is -0.136. The summed E-state index contributed by atoms with van der Waals surface area (Å²) in [6.07, 6.45) is 0.277. The Bertz CT molecular complexity index is 1450. The first kappa shape index (κ1) is 14.9. The van der Waals surface area contributed by atoms with Crippen LogP contribution in [-0.4, -0.2) is 59.7 Å². The number of halogens is 1. The van der Waals surface area contributed by atoms with E-state index in [1.807, 2.05) is 0 Å². The van der Waals surface area contributed by atoms with Gasteiger partial charge in [-0.15, -0.1) is 0 Å². The minimum atomic E-state index is -3.21. The average molecular weight is 476 g/mol. The lowest BCUT2D eigenvalue weighted by Gasteiger charge is -2.29. The molecule has 3 amide bonds. The number of amides is 3. The molecule has 1 atom stereocenters. The van der Waals surface area contributed by atoms with E-state index >= 15 is 0 Å². The Morgan fingerprint density at radius 1 is 1.18 bits per heavy atom.